The third kappa shape index (κ3) is 2.19. The molecular formula is C16H32BP. The van der Waals surface area contributed by atoms with Crippen LogP contribution in [0.1, 0.15) is 77.0 Å². The molecule has 3 saturated carbocycles. The quantitative estimate of drug-likeness (QED) is 0.498. The van der Waals surface area contributed by atoms with E-state index in [1.807, 2.05) is 0 Å². The zero-order valence-corrected chi connectivity index (χ0v) is 13.4. The van der Waals surface area contributed by atoms with Crippen LogP contribution < -0.4 is 0 Å². The molecule has 2 heteroatoms. The molecule has 0 spiro atoms. The average Bonchev–Trinajstić information content (AvgIpc) is 3.16. The SMILES string of the molecule is CB[PH](C1CCCC1)(C1CCCC1)C1CCCC1. The van der Waals surface area contributed by atoms with Crippen molar-refractivity contribution in [2.45, 2.75) is 101 Å². The van der Waals surface area contributed by atoms with Crippen molar-refractivity contribution in [3.63, 3.8) is 0 Å². The molecule has 0 amide bonds. The predicted octanol–water partition coefficient (Wildman–Crippen LogP) is 4.96. The standard InChI is InChI=1S/C16H32BP/c1-17-18(14-8-2-3-9-14,15-10-4-5-11-15)16-12-6-7-13-16/h14-18H,2-13H2,1H3. The first-order valence-corrected chi connectivity index (χ1v) is 11.3. The van der Waals surface area contributed by atoms with Gasteiger partial charge in [-0.1, -0.05) is 0 Å². The molecule has 0 nitrogen and oxygen atoms in total. The molecule has 3 rings (SSSR count). The number of hydrogen-bond acceptors (Lipinski definition) is 0. The molecule has 0 bridgehead atoms. The van der Waals surface area contributed by atoms with Gasteiger partial charge in [0, 0.05) is 0 Å². The Bertz CT molecular complexity index is 219. The monoisotopic (exact) mass is 266 g/mol. The van der Waals surface area contributed by atoms with Crippen molar-refractivity contribution in [3.05, 3.63) is 0 Å². The van der Waals surface area contributed by atoms with Crippen molar-refractivity contribution in [3.8, 4) is 0 Å². The van der Waals surface area contributed by atoms with Crippen LogP contribution in [0.2, 0.25) is 6.82 Å². The van der Waals surface area contributed by atoms with Crippen LogP contribution >= 0.6 is 7.14 Å². The maximum absolute atomic E-state index is 2.60. The first-order valence-electron chi connectivity index (χ1n) is 8.88. The molecule has 0 saturated heterocycles. The number of hydrogen-bond donors (Lipinski definition) is 0. The third-order valence-electron chi connectivity index (χ3n) is 6.96. The van der Waals surface area contributed by atoms with E-state index >= 15 is 0 Å². The van der Waals surface area contributed by atoms with Crippen LogP contribution in [0.5, 0.6) is 0 Å². The van der Waals surface area contributed by atoms with Gasteiger partial charge in [0.2, 0.25) is 0 Å². The molecule has 0 aromatic rings. The van der Waals surface area contributed by atoms with E-state index in [1.54, 1.807) is 84.0 Å². The third-order valence-corrected chi connectivity index (χ3v) is 14.5. The van der Waals surface area contributed by atoms with Crippen LogP contribution in [-0.4, -0.2) is 24.0 Å². The topological polar surface area (TPSA) is 0 Å². The molecule has 18 heavy (non-hydrogen) atoms. The van der Waals surface area contributed by atoms with E-state index < -0.39 is 7.14 Å². The van der Waals surface area contributed by atoms with Gasteiger partial charge in [0.1, 0.15) is 0 Å². The van der Waals surface area contributed by atoms with Crippen molar-refractivity contribution in [1.29, 1.82) is 0 Å². The van der Waals surface area contributed by atoms with Crippen molar-refractivity contribution in [2.24, 2.45) is 0 Å². The summed E-state index contributed by atoms with van der Waals surface area (Å²) in [6.07, 6.45) is 19.2. The second-order valence-electron chi connectivity index (χ2n) is 7.41. The van der Waals surface area contributed by atoms with E-state index in [2.05, 4.69) is 6.82 Å². The molecule has 0 aliphatic heterocycles. The zero-order valence-electron chi connectivity index (χ0n) is 12.4. The second kappa shape index (κ2) is 5.86. The van der Waals surface area contributed by atoms with Gasteiger partial charge in [0.25, 0.3) is 0 Å². The molecule has 3 fully saturated rings. The summed E-state index contributed by atoms with van der Waals surface area (Å²) in [5.41, 5.74) is 3.73. The summed E-state index contributed by atoms with van der Waals surface area (Å²) in [6, 6.07) is 0. The molecule has 0 N–H and O–H groups in total. The van der Waals surface area contributed by atoms with E-state index in [1.165, 1.54) is 17.0 Å². The fourth-order valence-corrected chi connectivity index (χ4v) is 14.4. The van der Waals surface area contributed by atoms with Crippen molar-refractivity contribution < 1.29 is 0 Å². The zero-order chi connectivity index (χ0) is 12.4. The van der Waals surface area contributed by atoms with Crippen molar-refractivity contribution in [1.82, 2.24) is 0 Å². The fourth-order valence-electron chi connectivity index (χ4n) is 6.26. The van der Waals surface area contributed by atoms with Gasteiger partial charge in [-0.15, -0.1) is 0 Å². The normalized spacial score (nSPS) is 29.2. The Balaban J connectivity index is 1.87. The first kappa shape index (κ1) is 13.5. The summed E-state index contributed by atoms with van der Waals surface area (Å²) in [6.45, 7) is 4.23. The van der Waals surface area contributed by atoms with Gasteiger partial charge in [-0.3, -0.25) is 0 Å². The van der Waals surface area contributed by atoms with Crippen LogP contribution in [0, 0.1) is 0 Å². The van der Waals surface area contributed by atoms with Gasteiger partial charge in [-0.2, -0.15) is 0 Å². The van der Waals surface area contributed by atoms with Gasteiger partial charge in [-0.05, 0) is 0 Å². The van der Waals surface area contributed by atoms with E-state index in [0.717, 1.165) is 0 Å². The van der Waals surface area contributed by atoms with E-state index in [0.29, 0.717) is 0 Å². The molecule has 0 aromatic heterocycles. The Morgan fingerprint density at radius 3 is 1.11 bits per heavy atom. The van der Waals surface area contributed by atoms with Gasteiger partial charge < -0.3 is 0 Å². The first-order chi connectivity index (χ1) is 8.88. The van der Waals surface area contributed by atoms with E-state index in [4.69, 9.17) is 0 Å². The van der Waals surface area contributed by atoms with Crippen LogP contribution in [0.3, 0.4) is 0 Å². The van der Waals surface area contributed by atoms with Gasteiger partial charge in [-0.25, -0.2) is 0 Å². The fraction of sp³-hybridized carbons (Fsp3) is 1.00. The Hall–Kier alpha value is 0.495. The summed E-state index contributed by atoms with van der Waals surface area (Å²) in [7, 11) is -0.970. The van der Waals surface area contributed by atoms with Gasteiger partial charge in [0.15, 0.2) is 0 Å². The predicted molar refractivity (Wildman–Crippen MR) is 88.1 cm³/mol. The molecule has 104 valence electrons. The molecule has 0 radical (unpaired) electrons. The Labute approximate surface area is 115 Å². The Morgan fingerprint density at radius 2 is 0.889 bits per heavy atom. The molecular weight excluding hydrogens is 234 g/mol. The Kier molecular flexibility index (Phi) is 4.39. The number of rotatable bonds is 4. The molecule has 0 heterocycles. The maximum atomic E-state index is 2.60. The van der Waals surface area contributed by atoms with Crippen LogP contribution in [0.15, 0.2) is 0 Å². The van der Waals surface area contributed by atoms with Crippen molar-refractivity contribution in [2.75, 3.05) is 0 Å². The van der Waals surface area contributed by atoms with E-state index in [9.17, 15) is 0 Å². The summed E-state index contributed by atoms with van der Waals surface area (Å²) < 4.78 is 0. The summed E-state index contributed by atoms with van der Waals surface area (Å²) in [5.74, 6) is 0. The minimum absolute atomic E-state index is 0.970. The summed E-state index contributed by atoms with van der Waals surface area (Å²) in [5, 5.41) is 0. The molecule has 0 unspecified atom stereocenters. The molecule has 3 aliphatic rings. The molecule has 3 aliphatic carbocycles. The molecule has 0 atom stereocenters. The van der Waals surface area contributed by atoms with Crippen LogP contribution in [-0.2, 0) is 0 Å². The van der Waals surface area contributed by atoms with Gasteiger partial charge >= 0.3 is 115 Å². The van der Waals surface area contributed by atoms with Crippen LogP contribution in [0.4, 0.5) is 0 Å². The van der Waals surface area contributed by atoms with Crippen molar-refractivity contribution >= 4 is 14.1 Å². The van der Waals surface area contributed by atoms with Gasteiger partial charge in [0.05, 0.1) is 0 Å². The second-order valence-corrected chi connectivity index (χ2v) is 12.8. The van der Waals surface area contributed by atoms with Crippen LogP contribution in [0.25, 0.3) is 0 Å². The molecule has 0 aromatic carbocycles. The summed E-state index contributed by atoms with van der Waals surface area (Å²) in [4.78, 5) is 0. The average molecular weight is 266 g/mol. The summed E-state index contributed by atoms with van der Waals surface area (Å²) >= 11 is 0. The Morgan fingerprint density at radius 1 is 0.611 bits per heavy atom. The minimum atomic E-state index is -0.970. The van der Waals surface area contributed by atoms with E-state index in [-0.39, 0.29) is 0 Å².